The predicted octanol–water partition coefficient (Wildman–Crippen LogP) is 2.22. The molecule has 0 N–H and O–H groups in total. The van der Waals surface area contributed by atoms with Crippen LogP contribution in [-0.4, -0.2) is 11.6 Å². The SMILES string of the molecule is CC(C)CC1C(=O)C2CCCC2C1=O. The summed E-state index contributed by atoms with van der Waals surface area (Å²) in [5.74, 6) is 0.923. The smallest absolute Gasteiger partial charge is 0.147 e. The standard InChI is InChI=1S/C12H18O2/c1-7(2)6-10-11(13)8-4-3-5-9(8)12(10)14/h7-10H,3-6H2,1-2H3. The third kappa shape index (κ3) is 1.41. The summed E-state index contributed by atoms with van der Waals surface area (Å²) < 4.78 is 0. The highest BCUT2D eigenvalue weighted by atomic mass is 16.2. The summed E-state index contributed by atoms with van der Waals surface area (Å²) in [7, 11) is 0. The molecule has 2 nitrogen and oxygen atoms in total. The highest BCUT2D eigenvalue weighted by Crippen LogP contribution is 2.43. The molecule has 0 radical (unpaired) electrons. The summed E-state index contributed by atoms with van der Waals surface area (Å²) in [5, 5.41) is 0. The van der Waals surface area contributed by atoms with Crippen LogP contribution in [-0.2, 0) is 9.59 Å². The van der Waals surface area contributed by atoms with Crippen LogP contribution in [0.1, 0.15) is 39.5 Å². The van der Waals surface area contributed by atoms with Crippen molar-refractivity contribution in [1.29, 1.82) is 0 Å². The van der Waals surface area contributed by atoms with E-state index < -0.39 is 0 Å². The maximum Gasteiger partial charge on any atom is 0.147 e. The lowest BCUT2D eigenvalue weighted by atomic mass is 9.92. The Morgan fingerprint density at radius 3 is 2.07 bits per heavy atom. The number of carbonyl (C=O) groups is 2. The van der Waals surface area contributed by atoms with E-state index in [1.807, 2.05) is 0 Å². The largest absolute Gasteiger partial charge is 0.299 e. The molecule has 0 heterocycles. The van der Waals surface area contributed by atoms with Crippen LogP contribution < -0.4 is 0 Å². The number of Topliss-reactive ketones (excluding diaryl/α,β-unsaturated/α-hetero) is 2. The van der Waals surface area contributed by atoms with Gasteiger partial charge in [0, 0.05) is 11.8 Å². The molecule has 0 aromatic rings. The molecule has 2 unspecified atom stereocenters. The fourth-order valence-electron chi connectivity index (χ4n) is 3.00. The van der Waals surface area contributed by atoms with Crippen molar-refractivity contribution in [1.82, 2.24) is 0 Å². The van der Waals surface area contributed by atoms with Gasteiger partial charge in [0.1, 0.15) is 11.6 Å². The molecule has 2 heteroatoms. The average molecular weight is 194 g/mol. The molecule has 2 fully saturated rings. The van der Waals surface area contributed by atoms with Crippen LogP contribution in [0.25, 0.3) is 0 Å². The van der Waals surface area contributed by atoms with Gasteiger partial charge in [-0.2, -0.15) is 0 Å². The van der Waals surface area contributed by atoms with Gasteiger partial charge in [-0.1, -0.05) is 20.3 Å². The lowest BCUT2D eigenvalue weighted by Crippen LogP contribution is -2.19. The maximum atomic E-state index is 11.9. The Labute approximate surface area is 85.1 Å². The van der Waals surface area contributed by atoms with Crippen LogP contribution in [0.3, 0.4) is 0 Å². The van der Waals surface area contributed by atoms with Crippen molar-refractivity contribution in [2.75, 3.05) is 0 Å². The van der Waals surface area contributed by atoms with E-state index in [1.54, 1.807) is 0 Å². The number of rotatable bonds is 2. The summed E-state index contributed by atoms with van der Waals surface area (Å²) in [5.41, 5.74) is 0. The van der Waals surface area contributed by atoms with Crippen molar-refractivity contribution in [2.45, 2.75) is 39.5 Å². The first-order chi connectivity index (χ1) is 6.61. The van der Waals surface area contributed by atoms with Crippen molar-refractivity contribution in [3.05, 3.63) is 0 Å². The van der Waals surface area contributed by atoms with Crippen molar-refractivity contribution < 1.29 is 9.59 Å². The van der Waals surface area contributed by atoms with Gasteiger partial charge in [-0.3, -0.25) is 9.59 Å². The van der Waals surface area contributed by atoms with Crippen LogP contribution in [0.5, 0.6) is 0 Å². The van der Waals surface area contributed by atoms with Crippen LogP contribution >= 0.6 is 0 Å². The number of carbonyl (C=O) groups excluding carboxylic acids is 2. The van der Waals surface area contributed by atoms with E-state index in [9.17, 15) is 9.59 Å². The molecule has 2 saturated carbocycles. The quantitative estimate of drug-likeness (QED) is 0.632. The van der Waals surface area contributed by atoms with Gasteiger partial charge in [0.2, 0.25) is 0 Å². The van der Waals surface area contributed by atoms with Crippen molar-refractivity contribution in [3.63, 3.8) is 0 Å². The summed E-state index contributed by atoms with van der Waals surface area (Å²) in [4.78, 5) is 23.8. The Bertz CT molecular complexity index is 245. The zero-order chi connectivity index (χ0) is 10.3. The Morgan fingerprint density at radius 1 is 1.14 bits per heavy atom. The number of hydrogen-bond acceptors (Lipinski definition) is 2. The fourth-order valence-corrected chi connectivity index (χ4v) is 3.00. The Hall–Kier alpha value is -0.660. The zero-order valence-electron chi connectivity index (χ0n) is 8.95. The highest BCUT2D eigenvalue weighted by molar-refractivity contribution is 6.11. The molecule has 0 aromatic carbocycles. The molecule has 2 atom stereocenters. The normalized spacial score (nSPS) is 36.9. The maximum absolute atomic E-state index is 11.9. The highest BCUT2D eigenvalue weighted by Gasteiger charge is 2.50. The second-order valence-corrected chi connectivity index (χ2v) is 5.13. The topological polar surface area (TPSA) is 34.1 Å². The van der Waals surface area contributed by atoms with E-state index in [4.69, 9.17) is 0 Å². The van der Waals surface area contributed by atoms with Gasteiger partial charge in [-0.25, -0.2) is 0 Å². The third-order valence-corrected chi connectivity index (χ3v) is 3.64. The number of ketones is 2. The monoisotopic (exact) mass is 194 g/mol. The molecule has 0 amide bonds. The lowest BCUT2D eigenvalue weighted by molar-refractivity contribution is -0.129. The van der Waals surface area contributed by atoms with Gasteiger partial charge < -0.3 is 0 Å². The molecule has 0 saturated heterocycles. The van der Waals surface area contributed by atoms with Crippen molar-refractivity contribution in [2.24, 2.45) is 23.7 Å². The Morgan fingerprint density at radius 2 is 1.64 bits per heavy atom. The average Bonchev–Trinajstić information content (AvgIpc) is 2.65. The molecule has 0 aromatic heterocycles. The minimum absolute atomic E-state index is 0.103. The second-order valence-electron chi connectivity index (χ2n) is 5.13. The van der Waals surface area contributed by atoms with Gasteiger partial charge in [-0.15, -0.1) is 0 Å². The van der Waals surface area contributed by atoms with E-state index >= 15 is 0 Å². The first-order valence-electron chi connectivity index (χ1n) is 5.68. The van der Waals surface area contributed by atoms with Crippen LogP contribution in [0.4, 0.5) is 0 Å². The molecule has 78 valence electrons. The molecule has 0 bridgehead atoms. The third-order valence-electron chi connectivity index (χ3n) is 3.64. The van der Waals surface area contributed by atoms with Gasteiger partial charge >= 0.3 is 0 Å². The number of hydrogen-bond donors (Lipinski definition) is 0. The molecule has 2 aliphatic carbocycles. The van der Waals surface area contributed by atoms with E-state index in [0.717, 1.165) is 25.7 Å². The van der Waals surface area contributed by atoms with Gasteiger partial charge in [0.25, 0.3) is 0 Å². The Kier molecular flexibility index (Phi) is 2.46. The van der Waals surface area contributed by atoms with Crippen molar-refractivity contribution in [3.8, 4) is 0 Å². The Balaban J connectivity index is 2.13. The molecular formula is C12H18O2. The van der Waals surface area contributed by atoms with E-state index in [1.165, 1.54) is 0 Å². The van der Waals surface area contributed by atoms with Crippen LogP contribution in [0.2, 0.25) is 0 Å². The van der Waals surface area contributed by atoms with Gasteiger partial charge in [0.05, 0.1) is 5.92 Å². The van der Waals surface area contributed by atoms with E-state index in [2.05, 4.69) is 13.8 Å². The van der Waals surface area contributed by atoms with Crippen LogP contribution in [0.15, 0.2) is 0 Å². The molecule has 2 aliphatic rings. The summed E-state index contributed by atoms with van der Waals surface area (Å²) in [6.45, 7) is 4.16. The van der Waals surface area contributed by atoms with Crippen LogP contribution in [0, 0.1) is 23.7 Å². The van der Waals surface area contributed by atoms with Gasteiger partial charge in [0.15, 0.2) is 0 Å². The van der Waals surface area contributed by atoms with Gasteiger partial charge in [-0.05, 0) is 25.2 Å². The predicted molar refractivity (Wildman–Crippen MR) is 53.8 cm³/mol. The first kappa shape index (κ1) is 9.88. The lowest BCUT2D eigenvalue weighted by Gasteiger charge is -2.10. The minimum Gasteiger partial charge on any atom is -0.299 e. The summed E-state index contributed by atoms with van der Waals surface area (Å²) in [6, 6.07) is 0. The zero-order valence-corrected chi connectivity index (χ0v) is 8.95. The van der Waals surface area contributed by atoms with E-state index in [0.29, 0.717) is 5.92 Å². The fraction of sp³-hybridized carbons (Fsp3) is 0.833. The molecule has 2 rings (SSSR count). The number of fused-ring (bicyclic) bond motifs is 1. The van der Waals surface area contributed by atoms with E-state index in [-0.39, 0.29) is 29.3 Å². The van der Waals surface area contributed by atoms with Crippen molar-refractivity contribution >= 4 is 11.6 Å². The minimum atomic E-state index is -0.245. The summed E-state index contributed by atoms with van der Waals surface area (Å²) in [6.07, 6.45) is 3.76. The molecule has 0 spiro atoms. The first-order valence-corrected chi connectivity index (χ1v) is 5.68. The molecule has 14 heavy (non-hydrogen) atoms. The molecular weight excluding hydrogens is 176 g/mol. The second kappa shape index (κ2) is 3.48. The molecule has 0 aliphatic heterocycles. The summed E-state index contributed by atoms with van der Waals surface area (Å²) >= 11 is 0.